The van der Waals surface area contributed by atoms with Crippen LogP contribution in [0.4, 0.5) is 5.82 Å². The summed E-state index contributed by atoms with van der Waals surface area (Å²) >= 11 is 6.89. The van der Waals surface area contributed by atoms with Crippen molar-refractivity contribution in [3.8, 4) is 5.88 Å². The molecule has 0 spiro atoms. The maximum Gasteiger partial charge on any atom is 0.259 e. The molecule has 0 aliphatic carbocycles. The predicted molar refractivity (Wildman–Crippen MR) is 72.6 cm³/mol. The topological polar surface area (TPSA) is 72.4 Å². The molecule has 1 aliphatic rings. The second kappa shape index (κ2) is 5.75. The Bertz CT molecular complexity index is 526. The summed E-state index contributed by atoms with van der Waals surface area (Å²) in [7, 11) is 1.44. The van der Waals surface area contributed by atoms with Crippen LogP contribution in [-0.2, 0) is 9.59 Å². The van der Waals surface area contributed by atoms with E-state index in [4.69, 9.17) is 16.3 Å². The summed E-state index contributed by atoms with van der Waals surface area (Å²) in [4.78, 5) is 32.6. The van der Waals surface area contributed by atoms with Gasteiger partial charge in [-0.05, 0) is 0 Å². The third kappa shape index (κ3) is 3.16. The Hall–Kier alpha value is -1.34. The van der Waals surface area contributed by atoms with Crippen molar-refractivity contribution in [1.29, 1.82) is 0 Å². The fourth-order valence-electron chi connectivity index (χ4n) is 1.86. The third-order valence-corrected chi connectivity index (χ3v) is 3.73. The Balaban J connectivity index is 2.23. The minimum Gasteiger partial charge on any atom is -0.478 e. The summed E-state index contributed by atoms with van der Waals surface area (Å²) in [6.07, 6.45) is 1.66. The quantitative estimate of drug-likeness (QED) is 0.843. The van der Waals surface area contributed by atoms with Crippen molar-refractivity contribution in [2.45, 2.75) is 18.6 Å². The van der Waals surface area contributed by atoms with Gasteiger partial charge in [0.15, 0.2) is 16.1 Å². The maximum atomic E-state index is 12.0. The lowest BCUT2D eigenvalue weighted by Gasteiger charge is -2.17. The van der Waals surface area contributed by atoms with Gasteiger partial charge in [0.25, 0.3) is 5.88 Å². The fourth-order valence-corrected chi connectivity index (χ4v) is 2.91. The van der Waals surface area contributed by atoms with Crippen LogP contribution in [-0.4, -0.2) is 39.9 Å². The largest absolute Gasteiger partial charge is 0.478 e. The molecule has 0 saturated carbocycles. The van der Waals surface area contributed by atoms with Crippen molar-refractivity contribution in [1.82, 2.24) is 9.97 Å². The SMILES string of the molecule is COc1nc(Cl)cnc1N1CC(SC(C)=O)CC1=O. The molecule has 1 amide bonds. The number of rotatable bonds is 3. The van der Waals surface area contributed by atoms with Gasteiger partial charge in [0.2, 0.25) is 5.91 Å². The minimum atomic E-state index is -0.103. The van der Waals surface area contributed by atoms with Crippen molar-refractivity contribution in [3.05, 3.63) is 11.3 Å². The highest BCUT2D eigenvalue weighted by Gasteiger charge is 2.34. The van der Waals surface area contributed by atoms with Crippen LogP contribution in [0.15, 0.2) is 6.20 Å². The molecule has 1 atom stereocenters. The van der Waals surface area contributed by atoms with E-state index in [1.165, 1.54) is 25.1 Å². The van der Waals surface area contributed by atoms with Crippen molar-refractivity contribution in [3.63, 3.8) is 0 Å². The van der Waals surface area contributed by atoms with E-state index in [-0.39, 0.29) is 27.3 Å². The highest BCUT2D eigenvalue weighted by molar-refractivity contribution is 8.14. The number of anilines is 1. The van der Waals surface area contributed by atoms with Gasteiger partial charge in [0.1, 0.15) is 0 Å². The summed E-state index contributed by atoms with van der Waals surface area (Å²) in [5.41, 5.74) is 0. The third-order valence-electron chi connectivity index (χ3n) is 2.56. The first-order valence-corrected chi connectivity index (χ1v) is 6.81. The van der Waals surface area contributed by atoms with E-state index in [1.807, 2.05) is 0 Å². The van der Waals surface area contributed by atoms with Gasteiger partial charge in [-0.1, -0.05) is 23.4 Å². The highest BCUT2D eigenvalue weighted by Crippen LogP contribution is 2.32. The summed E-state index contributed by atoms with van der Waals surface area (Å²) in [5, 5.41) is 0.128. The van der Waals surface area contributed by atoms with Crippen molar-refractivity contribution < 1.29 is 14.3 Å². The van der Waals surface area contributed by atoms with E-state index in [2.05, 4.69) is 9.97 Å². The first-order chi connectivity index (χ1) is 9.01. The van der Waals surface area contributed by atoms with Crippen LogP contribution in [0.2, 0.25) is 5.15 Å². The van der Waals surface area contributed by atoms with Crippen molar-refractivity contribution >= 4 is 40.2 Å². The molecule has 1 fully saturated rings. The molecule has 2 heterocycles. The minimum absolute atomic E-state index is 0.00574. The smallest absolute Gasteiger partial charge is 0.259 e. The van der Waals surface area contributed by atoms with Crippen molar-refractivity contribution in [2.75, 3.05) is 18.6 Å². The van der Waals surface area contributed by atoms with Gasteiger partial charge in [-0.3, -0.25) is 14.5 Å². The molecule has 0 N–H and O–H groups in total. The molecule has 2 rings (SSSR count). The molecule has 0 aromatic carbocycles. The molecule has 1 unspecified atom stereocenters. The van der Waals surface area contributed by atoms with E-state index >= 15 is 0 Å². The molecule has 102 valence electrons. The molecular formula is C11H12ClN3O3S. The first-order valence-electron chi connectivity index (χ1n) is 5.55. The second-order valence-electron chi connectivity index (χ2n) is 3.97. The Labute approximate surface area is 119 Å². The van der Waals surface area contributed by atoms with Crippen LogP contribution in [0.25, 0.3) is 0 Å². The average Bonchev–Trinajstić information content (AvgIpc) is 2.69. The Morgan fingerprint density at radius 1 is 1.63 bits per heavy atom. The summed E-state index contributed by atoms with van der Waals surface area (Å²) in [6, 6.07) is 0. The molecule has 8 heteroatoms. The molecule has 1 saturated heterocycles. The van der Waals surface area contributed by atoms with Crippen LogP contribution in [0.3, 0.4) is 0 Å². The number of carbonyl (C=O) groups excluding carboxylic acids is 2. The number of hydrogen-bond donors (Lipinski definition) is 0. The Morgan fingerprint density at radius 2 is 2.37 bits per heavy atom. The lowest BCUT2D eigenvalue weighted by molar-refractivity contribution is -0.117. The van der Waals surface area contributed by atoms with Crippen LogP contribution >= 0.6 is 23.4 Å². The van der Waals surface area contributed by atoms with E-state index in [0.29, 0.717) is 18.8 Å². The zero-order chi connectivity index (χ0) is 14.0. The molecular weight excluding hydrogens is 290 g/mol. The van der Waals surface area contributed by atoms with Gasteiger partial charge in [0, 0.05) is 25.1 Å². The van der Waals surface area contributed by atoms with E-state index in [1.54, 1.807) is 0 Å². The average molecular weight is 302 g/mol. The number of aromatic nitrogens is 2. The molecule has 1 aromatic rings. The Kier molecular flexibility index (Phi) is 4.26. The maximum absolute atomic E-state index is 12.0. The van der Waals surface area contributed by atoms with Crippen LogP contribution < -0.4 is 9.64 Å². The molecule has 1 aromatic heterocycles. The number of thioether (sulfide) groups is 1. The first kappa shape index (κ1) is 14.1. The molecule has 0 bridgehead atoms. The van der Waals surface area contributed by atoms with Gasteiger partial charge in [0.05, 0.1) is 13.3 Å². The molecule has 0 radical (unpaired) electrons. The van der Waals surface area contributed by atoms with E-state index in [9.17, 15) is 9.59 Å². The molecule has 6 nitrogen and oxygen atoms in total. The number of carbonyl (C=O) groups is 2. The number of methoxy groups -OCH3 is 1. The molecule has 19 heavy (non-hydrogen) atoms. The highest BCUT2D eigenvalue weighted by atomic mass is 35.5. The number of ether oxygens (including phenoxy) is 1. The standard InChI is InChI=1S/C11H12ClN3O3S/c1-6(16)19-7-3-9(17)15(5-7)10-11(18-2)14-8(12)4-13-10/h4,7H,3,5H2,1-2H3. The second-order valence-corrected chi connectivity index (χ2v) is 5.83. The van der Waals surface area contributed by atoms with E-state index < -0.39 is 0 Å². The number of halogens is 1. The van der Waals surface area contributed by atoms with Gasteiger partial charge < -0.3 is 4.74 Å². The monoisotopic (exact) mass is 301 g/mol. The summed E-state index contributed by atoms with van der Waals surface area (Å²) < 4.78 is 5.08. The molecule has 1 aliphatic heterocycles. The van der Waals surface area contributed by atoms with Gasteiger partial charge in [-0.15, -0.1) is 0 Å². The number of hydrogen-bond acceptors (Lipinski definition) is 6. The lowest BCUT2D eigenvalue weighted by Crippen LogP contribution is -2.26. The normalized spacial score (nSPS) is 18.8. The van der Waals surface area contributed by atoms with Crippen LogP contribution in [0, 0.1) is 0 Å². The van der Waals surface area contributed by atoms with Gasteiger partial charge in [-0.2, -0.15) is 4.98 Å². The summed E-state index contributed by atoms with van der Waals surface area (Å²) in [5.74, 6) is 0.437. The Morgan fingerprint density at radius 3 is 3.00 bits per heavy atom. The lowest BCUT2D eigenvalue weighted by atomic mass is 10.4. The number of amides is 1. The zero-order valence-corrected chi connectivity index (χ0v) is 12.0. The van der Waals surface area contributed by atoms with E-state index in [0.717, 1.165) is 11.8 Å². The van der Waals surface area contributed by atoms with Crippen molar-refractivity contribution in [2.24, 2.45) is 0 Å². The number of nitrogens with zero attached hydrogens (tertiary/aromatic N) is 3. The van der Waals surface area contributed by atoms with Gasteiger partial charge in [-0.25, -0.2) is 4.98 Å². The predicted octanol–water partition coefficient (Wildman–Crippen LogP) is 1.52. The van der Waals surface area contributed by atoms with Gasteiger partial charge >= 0.3 is 0 Å². The fraction of sp³-hybridized carbons (Fsp3) is 0.455. The van der Waals surface area contributed by atoms with Crippen LogP contribution in [0.5, 0.6) is 5.88 Å². The van der Waals surface area contributed by atoms with Crippen LogP contribution in [0.1, 0.15) is 13.3 Å². The summed E-state index contributed by atoms with van der Waals surface area (Å²) in [6.45, 7) is 1.90. The zero-order valence-electron chi connectivity index (χ0n) is 10.4.